The van der Waals surface area contributed by atoms with E-state index in [2.05, 4.69) is 10.6 Å². The van der Waals surface area contributed by atoms with E-state index in [-0.39, 0.29) is 24.3 Å². The molecule has 1 rings (SSSR count). The van der Waals surface area contributed by atoms with Gasteiger partial charge in [-0.3, -0.25) is 9.59 Å². The Morgan fingerprint density at radius 1 is 1.25 bits per heavy atom. The molecule has 20 heavy (non-hydrogen) atoms. The molecule has 0 aromatic heterocycles. The summed E-state index contributed by atoms with van der Waals surface area (Å²) in [6.07, 6.45) is 0. The van der Waals surface area contributed by atoms with Gasteiger partial charge in [0.25, 0.3) is 0 Å². The number of hydrogen-bond acceptors (Lipinski definition) is 4. The molecule has 6 heteroatoms. The highest BCUT2D eigenvalue weighted by atomic mass is 16.5. The highest BCUT2D eigenvalue weighted by Crippen LogP contribution is 2.15. The molecule has 1 atom stereocenters. The van der Waals surface area contributed by atoms with Crippen molar-refractivity contribution in [2.75, 3.05) is 24.4 Å². The van der Waals surface area contributed by atoms with E-state index in [0.717, 1.165) is 0 Å². The summed E-state index contributed by atoms with van der Waals surface area (Å²) in [6, 6.07) is 6.29. The number of ether oxygens (including phenoxy) is 1. The SMILES string of the molecule is COCC(=O)Nc1cccc(NC(=O)C(N)C(C)C)c1. The zero-order valence-electron chi connectivity index (χ0n) is 12.0. The molecule has 0 spiro atoms. The summed E-state index contributed by atoms with van der Waals surface area (Å²) in [6.45, 7) is 3.74. The van der Waals surface area contributed by atoms with Gasteiger partial charge in [-0.15, -0.1) is 0 Å². The average Bonchev–Trinajstić information content (AvgIpc) is 2.38. The van der Waals surface area contributed by atoms with Gasteiger partial charge >= 0.3 is 0 Å². The lowest BCUT2D eigenvalue weighted by molar-refractivity contribution is -0.119. The van der Waals surface area contributed by atoms with Gasteiger partial charge in [-0.05, 0) is 24.1 Å². The second kappa shape index (κ2) is 7.62. The van der Waals surface area contributed by atoms with Gasteiger partial charge in [-0.2, -0.15) is 0 Å². The van der Waals surface area contributed by atoms with Crippen LogP contribution in [0.4, 0.5) is 11.4 Å². The molecule has 0 aliphatic carbocycles. The second-order valence-electron chi connectivity index (χ2n) is 4.82. The Balaban J connectivity index is 2.68. The fourth-order valence-electron chi connectivity index (χ4n) is 1.53. The van der Waals surface area contributed by atoms with Gasteiger partial charge in [0.05, 0.1) is 6.04 Å². The Labute approximate surface area is 118 Å². The van der Waals surface area contributed by atoms with Gasteiger partial charge < -0.3 is 21.1 Å². The molecule has 6 nitrogen and oxygen atoms in total. The van der Waals surface area contributed by atoms with Gasteiger partial charge in [0.2, 0.25) is 11.8 Å². The average molecular weight is 279 g/mol. The van der Waals surface area contributed by atoms with E-state index < -0.39 is 6.04 Å². The number of anilines is 2. The number of carbonyl (C=O) groups is 2. The van der Waals surface area contributed by atoms with Crippen LogP contribution < -0.4 is 16.4 Å². The normalized spacial score (nSPS) is 12.1. The number of hydrogen-bond donors (Lipinski definition) is 3. The predicted molar refractivity (Wildman–Crippen MR) is 78.4 cm³/mol. The molecule has 2 amide bonds. The molecular formula is C14H21N3O3. The number of benzene rings is 1. The molecule has 0 saturated heterocycles. The number of methoxy groups -OCH3 is 1. The first-order chi connectivity index (χ1) is 9.43. The van der Waals surface area contributed by atoms with E-state index >= 15 is 0 Å². The van der Waals surface area contributed by atoms with Crippen molar-refractivity contribution in [3.8, 4) is 0 Å². The molecular weight excluding hydrogens is 258 g/mol. The monoisotopic (exact) mass is 279 g/mol. The molecule has 0 aliphatic rings. The molecule has 0 heterocycles. The summed E-state index contributed by atoms with van der Waals surface area (Å²) in [4.78, 5) is 23.2. The molecule has 4 N–H and O–H groups in total. The van der Waals surface area contributed by atoms with Crippen molar-refractivity contribution in [3.63, 3.8) is 0 Å². The maximum Gasteiger partial charge on any atom is 0.250 e. The molecule has 1 aromatic carbocycles. The summed E-state index contributed by atoms with van der Waals surface area (Å²) in [5.41, 5.74) is 6.94. The minimum absolute atomic E-state index is 0.0190. The van der Waals surface area contributed by atoms with Crippen molar-refractivity contribution < 1.29 is 14.3 Å². The Kier molecular flexibility index (Phi) is 6.14. The Hall–Kier alpha value is -1.92. The molecule has 0 radical (unpaired) electrons. The second-order valence-corrected chi connectivity index (χ2v) is 4.82. The summed E-state index contributed by atoms with van der Waals surface area (Å²) >= 11 is 0. The van der Waals surface area contributed by atoms with E-state index in [1.807, 2.05) is 13.8 Å². The van der Waals surface area contributed by atoms with Crippen LogP contribution in [0.1, 0.15) is 13.8 Å². The van der Waals surface area contributed by atoms with Crippen LogP contribution >= 0.6 is 0 Å². The first kappa shape index (κ1) is 16.1. The number of nitrogens with two attached hydrogens (primary N) is 1. The third-order valence-electron chi connectivity index (χ3n) is 2.71. The lowest BCUT2D eigenvalue weighted by Crippen LogP contribution is -2.39. The summed E-state index contributed by atoms with van der Waals surface area (Å²) < 4.78 is 4.73. The molecule has 1 unspecified atom stereocenters. The van der Waals surface area contributed by atoms with Gasteiger partial charge in [0, 0.05) is 18.5 Å². The van der Waals surface area contributed by atoms with Crippen LogP contribution in [0.15, 0.2) is 24.3 Å². The van der Waals surface area contributed by atoms with Crippen molar-refractivity contribution in [1.82, 2.24) is 0 Å². The molecule has 0 bridgehead atoms. The zero-order valence-corrected chi connectivity index (χ0v) is 12.0. The van der Waals surface area contributed by atoms with Gasteiger partial charge in [0.15, 0.2) is 0 Å². The number of nitrogens with one attached hydrogen (secondary N) is 2. The first-order valence-electron chi connectivity index (χ1n) is 6.39. The van der Waals surface area contributed by atoms with Crippen molar-refractivity contribution in [3.05, 3.63) is 24.3 Å². The predicted octanol–water partition coefficient (Wildman–Crippen LogP) is 1.19. The third-order valence-corrected chi connectivity index (χ3v) is 2.71. The Morgan fingerprint density at radius 2 is 1.85 bits per heavy atom. The summed E-state index contributed by atoms with van der Waals surface area (Å²) in [7, 11) is 1.45. The van der Waals surface area contributed by atoms with E-state index in [1.165, 1.54) is 7.11 Å². The topological polar surface area (TPSA) is 93.5 Å². The van der Waals surface area contributed by atoms with Gasteiger partial charge in [-0.1, -0.05) is 19.9 Å². The van der Waals surface area contributed by atoms with Gasteiger partial charge in [-0.25, -0.2) is 0 Å². The standard InChI is InChI=1S/C14H21N3O3/c1-9(2)13(15)14(19)17-11-6-4-5-10(7-11)16-12(18)8-20-3/h4-7,9,13H,8,15H2,1-3H3,(H,16,18)(H,17,19). The summed E-state index contributed by atoms with van der Waals surface area (Å²) in [5.74, 6) is -0.449. The smallest absolute Gasteiger partial charge is 0.250 e. The molecule has 0 fully saturated rings. The third kappa shape index (κ3) is 4.99. The van der Waals surface area contributed by atoms with E-state index in [0.29, 0.717) is 11.4 Å². The molecule has 1 aromatic rings. The van der Waals surface area contributed by atoms with Crippen molar-refractivity contribution in [2.24, 2.45) is 11.7 Å². The zero-order chi connectivity index (χ0) is 15.1. The largest absolute Gasteiger partial charge is 0.375 e. The van der Waals surface area contributed by atoms with Crippen LogP contribution in [0.25, 0.3) is 0 Å². The van der Waals surface area contributed by atoms with E-state index in [1.54, 1.807) is 24.3 Å². The molecule has 0 aliphatic heterocycles. The Bertz CT molecular complexity index is 474. The maximum absolute atomic E-state index is 11.8. The van der Waals surface area contributed by atoms with Crippen LogP contribution in [0.2, 0.25) is 0 Å². The Morgan fingerprint density at radius 3 is 2.40 bits per heavy atom. The van der Waals surface area contributed by atoms with Crippen molar-refractivity contribution in [1.29, 1.82) is 0 Å². The fourth-order valence-corrected chi connectivity index (χ4v) is 1.53. The quantitative estimate of drug-likeness (QED) is 0.729. The van der Waals surface area contributed by atoms with Gasteiger partial charge in [0.1, 0.15) is 6.61 Å². The number of rotatable bonds is 6. The highest BCUT2D eigenvalue weighted by Gasteiger charge is 2.17. The highest BCUT2D eigenvalue weighted by molar-refractivity contribution is 5.96. The van der Waals surface area contributed by atoms with Crippen molar-refractivity contribution in [2.45, 2.75) is 19.9 Å². The van der Waals surface area contributed by atoms with Crippen LogP contribution in [-0.2, 0) is 14.3 Å². The first-order valence-corrected chi connectivity index (χ1v) is 6.39. The number of carbonyl (C=O) groups excluding carboxylic acids is 2. The van der Waals surface area contributed by atoms with Crippen LogP contribution in [0, 0.1) is 5.92 Å². The maximum atomic E-state index is 11.8. The minimum atomic E-state index is -0.568. The van der Waals surface area contributed by atoms with E-state index in [4.69, 9.17) is 10.5 Å². The summed E-state index contributed by atoms with van der Waals surface area (Å²) in [5, 5.41) is 5.38. The molecule has 0 saturated carbocycles. The van der Waals surface area contributed by atoms with Crippen LogP contribution in [0.3, 0.4) is 0 Å². The minimum Gasteiger partial charge on any atom is -0.375 e. The van der Waals surface area contributed by atoms with Crippen LogP contribution in [-0.4, -0.2) is 31.6 Å². The van der Waals surface area contributed by atoms with Crippen LogP contribution in [0.5, 0.6) is 0 Å². The lowest BCUT2D eigenvalue weighted by atomic mass is 10.0. The fraction of sp³-hybridized carbons (Fsp3) is 0.429. The van der Waals surface area contributed by atoms with Crippen molar-refractivity contribution >= 4 is 23.2 Å². The van der Waals surface area contributed by atoms with E-state index in [9.17, 15) is 9.59 Å². The lowest BCUT2D eigenvalue weighted by Gasteiger charge is -2.15. The number of amides is 2. The molecule has 110 valence electrons.